The van der Waals surface area contributed by atoms with Crippen LogP contribution in [0, 0.1) is 5.41 Å². The number of rotatable bonds is 3. The predicted molar refractivity (Wildman–Crippen MR) is 81.7 cm³/mol. The van der Waals surface area contributed by atoms with Crippen molar-refractivity contribution >= 4 is 35.1 Å². The number of halogens is 2. The summed E-state index contributed by atoms with van der Waals surface area (Å²) in [6.07, 6.45) is 1.45. The van der Waals surface area contributed by atoms with E-state index in [-0.39, 0.29) is 18.9 Å². The van der Waals surface area contributed by atoms with Crippen LogP contribution in [0.25, 0.3) is 0 Å². The normalized spacial score (nSPS) is 22.1. The third kappa shape index (κ3) is 3.69. The van der Waals surface area contributed by atoms with E-state index in [0.717, 1.165) is 0 Å². The van der Waals surface area contributed by atoms with Crippen molar-refractivity contribution in [3.05, 3.63) is 33.8 Å². The summed E-state index contributed by atoms with van der Waals surface area (Å²) in [5.41, 5.74) is -0.161. The van der Waals surface area contributed by atoms with Gasteiger partial charge in [-0.1, -0.05) is 29.3 Å². The van der Waals surface area contributed by atoms with E-state index in [1.165, 1.54) is 0 Å². The number of benzene rings is 1. The van der Waals surface area contributed by atoms with Gasteiger partial charge in [0.2, 0.25) is 5.91 Å². The summed E-state index contributed by atoms with van der Waals surface area (Å²) in [4.78, 5) is 25.3. The quantitative estimate of drug-likeness (QED) is 0.925. The zero-order valence-electron chi connectivity index (χ0n) is 11.7. The third-order valence-electron chi connectivity index (χ3n) is 3.92. The van der Waals surface area contributed by atoms with Crippen molar-refractivity contribution in [2.75, 3.05) is 13.1 Å². The zero-order chi connectivity index (χ0) is 15.6. The molecule has 2 rings (SSSR count). The van der Waals surface area contributed by atoms with Crippen LogP contribution in [0.5, 0.6) is 0 Å². The summed E-state index contributed by atoms with van der Waals surface area (Å²) >= 11 is 11.9. The number of carboxylic acid groups (broad SMARTS) is 1. The zero-order valence-corrected chi connectivity index (χ0v) is 13.2. The molecule has 1 aromatic carbocycles. The Labute approximate surface area is 133 Å². The number of carboxylic acids is 1. The van der Waals surface area contributed by atoms with Crippen LogP contribution >= 0.6 is 23.2 Å². The highest BCUT2D eigenvalue weighted by molar-refractivity contribution is 6.35. The first-order chi connectivity index (χ1) is 9.82. The smallest absolute Gasteiger partial charge is 0.311 e. The van der Waals surface area contributed by atoms with E-state index in [1.54, 1.807) is 30.0 Å². The van der Waals surface area contributed by atoms with Gasteiger partial charge in [0.25, 0.3) is 0 Å². The Morgan fingerprint density at radius 2 is 2.10 bits per heavy atom. The number of carbonyl (C=O) groups is 2. The predicted octanol–water partition coefficient (Wildman–Crippen LogP) is 3.25. The molecule has 1 unspecified atom stereocenters. The molecular weight excluding hydrogens is 313 g/mol. The molecule has 1 aliphatic rings. The van der Waals surface area contributed by atoms with Crippen LogP contribution in [-0.2, 0) is 16.0 Å². The Hall–Kier alpha value is -1.26. The number of piperidine rings is 1. The van der Waals surface area contributed by atoms with Crippen molar-refractivity contribution in [3.63, 3.8) is 0 Å². The molecule has 0 radical (unpaired) electrons. The lowest BCUT2D eigenvalue weighted by Gasteiger charge is -2.37. The van der Waals surface area contributed by atoms with E-state index in [4.69, 9.17) is 23.2 Å². The van der Waals surface area contributed by atoms with Crippen molar-refractivity contribution in [1.29, 1.82) is 0 Å². The largest absolute Gasteiger partial charge is 0.481 e. The maximum absolute atomic E-state index is 12.4. The molecule has 0 bridgehead atoms. The van der Waals surface area contributed by atoms with Gasteiger partial charge in [-0.15, -0.1) is 0 Å². The maximum atomic E-state index is 12.4. The Morgan fingerprint density at radius 1 is 1.38 bits per heavy atom. The van der Waals surface area contributed by atoms with Gasteiger partial charge in [0.1, 0.15) is 0 Å². The molecule has 1 amide bonds. The molecule has 1 aromatic rings. The summed E-state index contributed by atoms with van der Waals surface area (Å²) in [6.45, 7) is 2.52. The monoisotopic (exact) mass is 329 g/mol. The van der Waals surface area contributed by atoms with Crippen molar-refractivity contribution in [3.8, 4) is 0 Å². The van der Waals surface area contributed by atoms with Gasteiger partial charge in [-0.3, -0.25) is 9.59 Å². The maximum Gasteiger partial charge on any atom is 0.311 e. The number of nitrogens with zero attached hydrogens (tertiary/aromatic N) is 1. The number of amides is 1. The van der Waals surface area contributed by atoms with Crippen LogP contribution < -0.4 is 0 Å². The van der Waals surface area contributed by atoms with Gasteiger partial charge in [0.15, 0.2) is 0 Å². The van der Waals surface area contributed by atoms with Crippen molar-refractivity contribution < 1.29 is 14.7 Å². The molecular formula is C15H17Cl2NO3. The Morgan fingerprint density at radius 3 is 2.71 bits per heavy atom. The van der Waals surface area contributed by atoms with Gasteiger partial charge in [-0.25, -0.2) is 0 Å². The number of carbonyl (C=O) groups excluding carboxylic acids is 1. The fourth-order valence-electron chi connectivity index (χ4n) is 2.57. The van der Waals surface area contributed by atoms with Crippen molar-refractivity contribution in [1.82, 2.24) is 4.90 Å². The molecule has 1 aliphatic heterocycles. The first-order valence-corrected chi connectivity index (χ1v) is 7.52. The fraction of sp³-hybridized carbons (Fsp3) is 0.467. The van der Waals surface area contributed by atoms with E-state index >= 15 is 0 Å². The molecule has 0 spiro atoms. The number of hydrogen-bond acceptors (Lipinski definition) is 2. The molecule has 114 valence electrons. The fourth-order valence-corrected chi connectivity index (χ4v) is 3.04. The SMILES string of the molecule is CC1(C(=O)O)CCCN(C(=O)Cc2ccc(Cl)cc2Cl)C1. The van der Waals surface area contributed by atoms with Crippen LogP contribution in [-0.4, -0.2) is 35.0 Å². The average Bonchev–Trinajstić information content (AvgIpc) is 2.41. The molecule has 6 heteroatoms. The number of aliphatic carboxylic acids is 1. The van der Waals surface area contributed by atoms with Gasteiger partial charge in [-0.05, 0) is 37.5 Å². The lowest BCUT2D eigenvalue weighted by molar-refractivity contribution is -0.153. The Bertz CT molecular complexity index is 576. The standard InChI is InChI=1S/C15H17Cl2NO3/c1-15(14(20)21)5-2-6-18(9-15)13(19)7-10-3-4-11(16)8-12(10)17/h3-4,8H,2,5-7,9H2,1H3,(H,20,21). The minimum Gasteiger partial charge on any atom is -0.481 e. The van der Waals surface area contributed by atoms with E-state index in [2.05, 4.69) is 0 Å². The summed E-state index contributed by atoms with van der Waals surface area (Å²) in [6, 6.07) is 5.01. The molecule has 4 nitrogen and oxygen atoms in total. The van der Waals surface area contributed by atoms with Gasteiger partial charge < -0.3 is 10.0 Å². The summed E-state index contributed by atoms with van der Waals surface area (Å²) in [5, 5.41) is 10.3. The molecule has 1 atom stereocenters. The molecule has 1 saturated heterocycles. The Balaban J connectivity index is 2.08. The molecule has 21 heavy (non-hydrogen) atoms. The highest BCUT2D eigenvalue weighted by Gasteiger charge is 2.39. The highest BCUT2D eigenvalue weighted by Crippen LogP contribution is 2.30. The van der Waals surface area contributed by atoms with E-state index in [0.29, 0.717) is 35.0 Å². The van der Waals surface area contributed by atoms with Crippen LogP contribution in [0.15, 0.2) is 18.2 Å². The number of hydrogen-bond donors (Lipinski definition) is 1. The lowest BCUT2D eigenvalue weighted by atomic mass is 9.82. The number of likely N-dealkylation sites (tertiary alicyclic amines) is 1. The topological polar surface area (TPSA) is 57.6 Å². The van der Waals surface area contributed by atoms with Crippen LogP contribution in [0.1, 0.15) is 25.3 Å². The summed E-state index contributed by atoms with van der Waals surface area (Å²) < 4.78 is 0. The van der Waals surface area contributed by atoms with Crippen LogP contribution in [0.2, 0.25) is 10.0 Å². The van der Waals surface area contributed by atoms with E-state index in [1.807, 2.05) is 0 Å². The Kier molecular flexibility index (Phi) is 4.79. The first kappa shape index (κ1) is 16.1. The van der Waals surface area contributed by atoms with Crippen LogP contribution in [0.3, 0.4) is 0 Å². The molecule has 1 heterocycles. The summed E-state index contributed by atoms with van der Waals surface area (Å²) in [7, 11) is 0. The minimum atomic E-state index is -0.863. The molecule has 1 N–H and O–H groups in total. The van der Waals surface area contributed by atoms with E-state index in [9.17, 15) is 14.7 Å². The second kappa shape index (κ2) is 6.24. The van der Waals surface area contributed by atoms with Crippen LogP contribution in [0.4, 0.5) is 0 Å². The third-order valence-corrected chi connectivity index (χ3v) is 4.51. The van der Waals surface area contributed by atoms with Crippen molar-refractivity contribution in [2.45, 2.75) is 26.2 Å². The van der Waals surface area contributed by atoms with Gasteiger partial charge >= 0.3 is 5.97 Å². The molecule has 1 fully saturated rings. The molecule has 0 saturated carbocycles. The van der Waals surface area contributed by atoms with Gasteiger partial charge in [0, 0.05) is 23.1 Å². The lowest BCUT2D eigenvalue weighted by Crippen LogP contribution is -2.48. The molecule has 0 aromatic heterocycles. The summed E-state index contributed by atoms with van der Waals surface area (Å²) in [5.74, 6) is -0.962. The second-order valence-corrected chi connectivity index (χ2v) is 6.54. The average molecular weight is 330 g/mol. The van der Waals surface area contributed by atoms with Gasteiger partial charge in [-0.2, -0.15) is 0 Å². The second-order valence-electron chi connectivity index (χ2n) is 5.70. The minimum absolute atomic E-state index is 0.105. The van der Waals surface area contributed by atoms with Crippen molar-refractivity contribution in [2.24, 2.45) is 5.41 Å². The van der Waals surface area contributed by atoms with E-state index < -0.39 is 11.4 Å². The highest BCUT2D eigenvalue weighted by atomic mass is 35.5. The van der Waals surface area contributed by atoms with Gasteiger partial charge in [0.05, 0.1) is 11.8 Å². The first-order valence-electron chi connectivity index (χ1n) is 6.77. The molecule has 0 aliphatic carbocycles.